The van der Waals surface area contributed by atoms with E-state index in [1.165, 1.54) is 48.6 Å². The molecule has 12 heteroatoms. The summed E-state index contributed by atoms with van der Waals surface area (Å²) < 4.78 is 10.7. The van der Waals surface area contributed by atoms with Crippen molar-refractivity contribution >= 4 is 30.0 Å². The van der Waals surface area contributed by atoms with Crippen LogP contribution in [0.3, 0.4) is 0 Å². The van der Waals surface area contributed by atoms with E-state index in [0.717, 1.165) is 18.6 Å². The maximum Gasteiger partial charge on any atom is 0.331 e. The molecule has 1 aliphatic carbocycles. The van der Waals surface area contributed by atoms with E-state index in [1.807, 2.05) is 6.92 Å². The van der Waals surface area contributed by atoms with Gasteiger partial charge in [0.25, 0.3) is 5.91 Å². The molecule has 2 aromatic carbocycles. The average Bonchev–Trinajstić information content (AvgIpc) is 2.92. The number of phenols is 4. The Kier molecular flexibility index (Phi) is 10.3. The van der Waals surface area contributed by atoms with Crippen molar-refractivity contribution in [2.24, 2.45) is 0 Å². The van der Waals surface area contributed by atoms with E-state index in [0.29, 0.717) is 17.5 Å². The van der Waals surface area contributed by atoms with Gasteiger partial charge in [0.1, 0.15) is 23.9 Å². The Balaban J connectivity index is 1.76. The molecule has 0 spiro atoms. The zero-order chi connectivity index (χ0) is 30.2. The van der Waals surface area contributed by atoms with E-state index in [1.54, 1.807) is 0 Å². The molecule has 1 saturated carbocycles. The van der Waals surface area contributed by atoms with E-state index < -0.39 is 66.1 Å². The Hall–Kier alpha value is -4.55. The summed E-state index contributed by atoms with van der Waals surface area (Å²) in [7, 11) is 0. The molecule has 1 amide bonds. The van der Waals surface area contributed by atoms with Gasteiger partial charge < -0.3 is 45.4 Å². The molecule has 2 atom stereocenters. The predicted molar refractivity (Wildman–Crippen MR) is 145 cm³/mol. The lowest BCUT2D eigenvalue weighted by Gasteiger charge is -2.41. The monoisotopic (exact) mass is 571 g/mol. The normalized spacial score (nSPS) is 22.5. The maximum absolute atomic E-state index is 12.9. The molecule has 1 fully saturated rings. The van der Waals surface area contributed by atoms with Gasteiger partial charge in [-0.1, -0.05) is 25.5 Å². The molecule has 41 heavy (non-hydrogen) atoms. The molecule has 2 aromatic rings. The number of aliphatic hydroxyl groups excluding tert-OH is 1. The molecule has 0 aliphatic heterocycles. The molecule has 1 aliphatic rings. The summed E-state index contributed by atoms with van der Waals surface area (Å²) in [6.45, 7) is 2.20. The van der Waals surface area contributed by atoms with Crippen LogP contribution in [0.1, 0.15) is 43.7 Å². The number of hydrogen-bond donors (Lipinski definition) is 7. The first-order valence-corrected chi connectivity index (χ1v) is 12.9. The highest BCUT2D eigenvalue weighted by atomic mass is 16.6. The van der Waals surface area contributed by atoms with Crippen LogP contribution < -0.4 is 5.32 Å². The lowest BCUT2D eigenvalue weighted by Crippen LogP contribution is -2.60. The summed E-state index contributed by atoms with van der Waals surface area (Å²) in [5.41, 5.74) is -1.43. The van der Waals surface area contributed by atoms with Crippen molar-refractivity contribution in [1.29, 1.82) is 0 Å². The third-order valence-electron chi connectivity index (χ3n) is 6.44. The second-order valence-corrected chi connectivity index (χ2v) is 9.65. The van der Waals surface area contributed by atoms with Crippen molar-refractivity contribution in [3.8, 4) is 23.0 Å². The highest BCUT2D eigenvalue weighted by Gasteiger charge is 2.51. The maximum atomic E-state index is 12.9. The van der Waals surface area contributed by atoms with Crippen LogP contribution in [0.5, 0.6) is 23.0 Å². The number of esters is 2. The van der Waals surface area contributed by atoms with Crippen molar-refractivity contribution in [1.82, 2.24) is 5.32 Å². The minimum Gasteiger partial charge on any atom is -0.504 e. The Morgan fingerprint density at radius 3 is 1.73 bits per heavy atom. The van der Waals surface area contributed by atoms with Crippen LogP contribution in [0.25, 0.3) is 12.2 Å². The summed E-state index contributed by atoms with van der Waals surface area (Å²) in [4.78, 5) is 37.9. The fraction of sp³-hybridized carbons (Fsp3) is 0.345. The number of nitrogens with one attached hydrogen (secondary N) is 1. The van der Waals surface area contributed by atoms with Crippen LogP contribution in [0.2, 0.25) is 0 Å². The van der Waals surface area contributed by atoms with Gasteiger partial charge in [-0.3, -0.25) is 4.79 Å². The van der Waals surface area contributed by atoms with E-state index >= 15 is 0 Å². The summed E-state index contributed by atoms with van der Waals surface area (Å²) >= 11 is 0. The van der Waals surface area contributed by atoms with E-state index in [-0.39, 0.29) is 18.0 Å². The smallest absolute Gasteiger partial charge is 0.331 e. The summed E-state index contributed by atoms with van der Waals surface area (Å²) in [5, 5.41) is 62.8. The molecule has 0 unspecified atom stereocenters. The second kappa shape index (κ2) is 13.7. The fourth-order valence-corrected chi connectivity index (χ4v) is 4.18. The van der Waals surface area contributed by atoms with Crippen LogP contribution >= 0.6 is 0 Å². The number of phenolic OH excluding ortho intramolecular Hbond substituents is 4. The Morgan fingerprint density at radius 2 is 1.32 bits per heavy atom. The first-order valence-electron chi connectivity index (χ1n) is 12.9. The predicted octanol–water partition coefficient (Wildman–Crippen LogP) is 1.86. The molecule has 0 bridgehead atoms. The van der Waals surface area contributed by atoms with Gasteiger partial charge in [-0.25, -0.2) is 9.59 Å². The Bertz CT molecular complexity index is 1230. The lowest BCUT2D eigenvalue weighted by atomic mass is 9.78. The minimum absolute atomic E-state index is 0.277. The molecule has 3 rings (SSSR count). The summed E-state index contributed by atoms with van der Waals surface area (Å²) in [6.07, 6.45) is 0.570. The van der Waals surface area contributed by atoms with Crippen LogP contribution in [0.15, 0.2) is 48.6 Å². The topological polar surface area (TPSA) is 203 Å². The third-order valence-corrected chi connectivity index (χ3v) is 6.44. The number of benzene rings is 2. The number of aromatic hydroxyl groups is 4. The van der Waals surface area contributed by atoms with Crippen LogP contribution in [-0.2, 0) is 23.9 Å². The number of carbonyl (C=O) groups excluding carboxylic acids is 3. The fourth-order valence-electron chi connectivity index (χ4n) is 4.18. The van der Waals surface area contributed by atoms with E-state index in [9.17, 15) is 45.0 Å². The highest BCUT2D eigenvalue weighted by molar-refractivity contribution is 5.89. The van der Waals surface area contributed by atoms with Crippen LogP contribution in [0.4, 0.5) is 0 Å². The van der Waals surface area contributed by atoms with Crippen molar-refractivity contribution < 1.29 is 54.5 Å². The van der Waals surface area contributed by atoms with Crippen molar-refractivity contribution in [3.63, 3.8) is 0 Å². The first-order chi connectivity index (χ1) is 19.4. The number of ether oxygens (including phenoxy) is 2. The van der Waals surface area contributed by atoms with Crippen molar-refractivity contribution in [3.05, 3.63) is 59.7 Å². The zero-order valence-electron chi connectivity index (χ0n) is 22.3. The molecule has 0 heterocycles. The Morgan fingerprint density at radius 1 is 0.854 bits per heavy atom. The first kappa shape index (κ1) is 31.0. The third kappa shape index (κ3) is 8.47. The molecule has 12 nitrogen and oxygen atoms in total. The molecule has 0 radical (unpaired) electrons. The van der Waals surface area contributed by atoms with Gasteiger partial charge in [-0.2, -0.15) is 0 Å². The number of aliphatic hydroxyl groups is 2. The van der Waals surface area contributed by atoms with Crippen LogP contribution in [0, 0.1) is 0 Å². The van der Waals surface area contributed by atoms with Gasteiger partial charge in [0.2, 0.25) is 0 Å². The van der Waals surface area contributed by atoms with Crippen molar-refractivity contribution in [2.75, 3.05) is 6.54 Å². The van der Waals surface area contributed by atoms with Gasteiger partial charge >= 0.3 is 11.9 Å². The number of hydrogen-bond acceptors (Lipinski definition) is 11. The second-order valence-electron chi connectivity index (χ2n) is 9.65. The van der Waals surface area contributed by atoms with E-state index in [4.69, 9.17) is 9.47 Å². The zero-order valence-corrected chi connectivity index (χ0v) is 22.3. The standard InChI is InChI=1S/C29H33NO11/c1-2-3-12-30-28(38)29(39)15-23(40-25(35)10-6-17-4-8-19(31)21(33)13-17)27(37)24(16-29)41-26(36)11-7-18-5-9-20(32)22(34)14-18/h4-11,13-14,23-24,27,31-34,37,39H,2-3,12,15-16H2,1H3,(H,30,38)/b10-6+,11-7+/t23-,24-,27-,29+/m1/s1. The SMILES string of the molecule is CCCCNC(=O)[C@]1(O)C[C@@H](OC(=O)/C=C/c2ccc(O)c(O)c2)[C@@H](O)[C@H](OC(=O)/C=C/c2ccc(O)c(O)c2)C1. The van der Waals surface area contributed by atoms with E-state index in [2.05, 4.69) is 5.32 Å². The van der Waals surface area contributed by atoms with Gasteiger partial charge in [-0.05, 0) is 54.0 Å². The van der Waals surface area contributed by atoms with Gasteiger partial charge in [0.15, 0.2) is 23.0 Å². The quantitative estimate of drug-likeness (QED) is 0.0949. The average molecular weight is 572 g/mol. The molecule has 0 saturated heterocycles. The number of rotatable bonds is 10. The highest BCUT2D eigenvalue weighted by Crippen LogP contribution is 2.34. The van der Waals surface area contributed by atoms with Gasteiger partial charge in [0, 0.05) is 31.5 Å². The van der Waals surface area contributed by atoms with Gasteiger partial charge in [0.05, 0.1) is 0 Å². The minimum atomic E-state index is -2.14. The molecular weight excluding hydrogens is 538 g/mol. The van der Waals surface area contributed by atoms with Gasteiger partial charge in [-0.15, -0.1) is 0 Å². The van der Waals surface area contributed by atoms with Crippen molar-refractivity contribution in [2.45, 2.75) is 56.5 Å². The van der Waals surface area contributed by atoms with Crippen LogP contribution in [-0.4, -0.2) is 78.9 Å². The summed E-state index contributed by atoms with van der Waals surface area (Å²) in [5.74, 6) is -4.16. The summed E-state index contributed by atoms with van der Waals surface area (Å²) in [6, 6.07) is 7.71. The molecule has 220 valence electrons. The molecule has 7 N–H and O–H groups in total. The number of carbonyl (C=O) groups is 3. The largest absolute Gasteiger partial charge is 0.504 e. The number of unbranched alkanes of at least 4 members (excludes halogenated alkanes) is 1. The lowest BCUT2D eigenvalue weighted by molar-refractivity contribution is -0.196. The number of amides is 1. The molecule has 0 aromatic heterocycles. The molecular formula is C29H33NO11. The Labute approximate surface area is 235 Å².